The molecule has 2 aliphatic rings. The van der Waals surface area contributed by atoms with Gasteiger partial charge in [-0.2, -0.15) is 0 Å². The highest BCUT2D eigenvalue weighted by molar-refractivity contribution is 6.31. The first kappa shape index (κ1) is 19.8. The number of benzene rings is 1. The monoisotopic (exact) mass is 414 g/mol. The first-order chi connectivity index (χ1) is 14.1. The first-order valence-electron chi connectivity index (χ1n) is 10.2. The van der Waals surface area contributed by atoms with Gasteiger partial charge in [-0.1, -0.05) is 17.7 Å². The number of piperazine rings is 1. The predicted molar refractivity (Wildman–Crippen MR) is 117 cm³/mol. The number of carbonyl (C=O) groups is 1. The van der Waals surface area contributed by atoms with Gasteiger partial charge in [0.2, 0.25) is 0 Å². The third-order valence-corrected chi connectivity index (χ3v) is 6.04. The number of aryl methyl sites for hydroxylation is 1. The molecule has 1 aromatic heterocycles. The van der Waals surface area contributed by atoms with Crippen molar-refractivity contribution >= 4 is 35.0 Å². The number of piperidine rings is 1. The molecule has 0 unspecified atom stereocenters. The molecule has 29 heavy (non-hydrogen) atoms. The minimum atomic E-state index is -0.0961. The fourth-order valence-corrected chi connectivity index (χ4v) is 4.00. The van der Waals surface area contributed by atoms with Gasteiger partial charge in [-0.3, -0.25) is 0 Å². The Hall–Kier alpha value is -2.54. The molecule has 7 nitrogen and oxygen atoms in total. The van der Waals surface area contributed by atoms with E-state index >= 15 is 0 Å². The Morgan fingerprint density at radius 2 is 1.59 bits per heavy atom. The van der Waals surface area contributed by atoms with E-state index in [9.17, 15) is 4.79 Å². The van der Waals surface area contributed by atoms with Crippen molar-refractivity contribution in [2.45, 2.75) is 26.2 Å². The number of carbonyl (C=O) groups excluding carboxylic acids is 1. The standard InChI is InChI=1S/C21H27ClN6O/c1-16-5-6-17(13-18(16)22)25-21(29)28-11-9-27(10-12-28)20-14-19(23-15-24-20)26-7-3-2-4-8-26/h5-6,13-15H,2-4,7-12H2,1H3,(H,25,29). The molecular weight excluding hydrogens is 388 g/mol. The number of urea groups is 1. The van der Waals surface area contributed by atoms with E-state index in [1.54, 1.807) is 12.4 Å². The Morgan fingerprint density at radius 3 is 2.24 bits per heavy atom. The number of halogens is 1. The predicted octanol–water partition coefficient (Wildman–Crippen LogP) is 3.78. The zero-order valence-corrected chi connectivity index (χ0v) is 17.5. The third kappa shape index (κ3) is 4.72. The summed E-state index contributed by atoms with van der Waals surface area (Å²) in [5, 5.41) is 3.59. The number of hydrogen-bond acceptors (Lipinski definition) is 5. The minimum absolute atomic E-state index is 0.0961. The number of nitrogens with zero attached hydrogens (tertiary/aromatic N) is 5. The van der Waals surface area contributed by atoms with Gasteiger partial charge in [0.25, 0.3) is 0 Å². The number of aromatic nitrogens is 2. The van der Waals surface area contributed by atoms with Crippen LogP contribution in [0.2, 0.25) is 5.02 Å². The Bertz CT molecular complexity index is 862. The van der Waals surface area contributed by atoms with Gasteiger partial charge in [-0.25, -0.2) is 14.8 Å². The summed E-state index contributed by atoms with van der Waals surface area (Å²) in [6, 6.07) is 7.55. The molecule has 4 rings (SSSR count). The quantitative estimate of drug-likeness (QED) is 0.827. The Kier molecular flexibility index (Phi) is 6.04. The van der Waals surface area contributed by atoms with E-state index in [1.165, 1.54) is 19.3 Å². The fraction of sp³-hybridized carbons (Fsp3) is 0.476. The van der Waals surface area contributed by atoms with Crippen LogP contribution in [0.3, 0.4) is 0 Å². The van der Waals surface area contributed by atoms with Crippen molar-refractivity contribution in [2.75, 3.05) is 54.4 Å². The number of hydrogen-bond donors (Lipinski definition) is 1. The van der Waals surface area contributed by atoms with Gasteiger partial charge in [0.05, 0.1) is 0 Å². The maximum atomic E-state index is 12.6. The molecule has 1 N–H and O–H groups in total. The van der Waals surface area contributed by atoms with Gasteiger partial charge in [0.1, 0.15) is 18.0 Å². The highest BCUT2D eigenvalue weighted by atomic mass is 35.5. The average Bonchev–Trinajstić information content (AvgIpc) is 2.77. The number of amides is 2. The van der Waals surface area contributed by atoms with Gasteiger partial charge in [-0.15, -0.1) is 0 Å². The normalized spacial score (nSPS) is 17.4. The lowest BCUT2D eigenvalue weighted by Gasteiger charge is -2.36. The van der Waals surface area contributed by atoms with E-state index in [0.717, 1.165) is 49.1 Å². The van der Waals surface area contributed by atoms with Crippen molar-refractivity contribution in [2.24, 2.45) is 0 Å². The number of anilines is 3. The average molecular weight is 415 g/mol. The second kappa shape index (κ2) is 8.86. The smallest absolute Gasteiger partial charge is 0.321 e. The molecule has 0 spiro atoms. The molecule has 2 fully saturated rings. The molecule has 0 saturated carbocycles. The van der Waals surface area contributed by atoms with Crippen LogP contribution in [-0.2, 0) is 0 Å². The summed E-state index contributed by atoms with van der Waals surface area (Å²) in [4.78, 5) is 27.9. The molecule has 0 atom stereocenters. The van der Waals surface area contributed by atoms with E-state index in [1.807, 2.05) is 24.0 Å². The van der Waals surface area contributed by atoms with Crippen LogP contribution >= 0.6 is 11.6 Å². The zero-order valence-electron chi connectivity index (χ0n) is 16.8. The number of rotatable bonds is 3. The SMILES string of the molecule is Cc1ccc(NC(=O)N2CCN(c3cc(N4CCCCC4)ncn3)CC2)cc1Cl. The summed E-state index contributed by atoms with van der Waals surface area (Å²) in [6.45, 7) is 6.86. The lowest BCUT2D eigenvalue weighted by Crippen LogP contribution is -2.50. The van der Waals surface area contributed by atoms with Crippen molar-refractivity contribution in [3.05, 3.63) is 41.2 Å². The van der Waals surface area contributed by atoms with Crippen molar-refractivity contribution in [1.29, 1.82) is 0 Å². The Morgan fingerprint density at radius 1 is 0.931 bits per heavy atom. The highest BCUT2D eigenvalue weighted by Gasteiger charge is 2.23. The van der Waals surface area contributed by atoms with E-state index in [2.05, 4.69) is 31.2 Å². The van der Waals surface area contributed by atoms with Crippen molar-refractivity contribution in [3.63, 3.8) is 0 Å². The molecule has 2 aliphatic heterocycles. The zero-order chi connectivity index (χ0) is 20.2. The fourth-order valence-electron chi connectivity index (χ4n) is 3.82. The molecule has 2 saturated heterocycles. The molecule has 3 heterocycles. The van der Waals surface area contributed by atoms with Gasteiger partial charge >= 0.3 is 6.03 Å². The highest BCUT2D eigenvalue weighted by Crippen LogP contribution is 2.23. The molecule has 1 aromatic carbocycles. The lowest BCUT2D eigenvalue weighted by atomic mass is 10.1. The van der Waals surface area contributed by atoms with Crippen molar-refractivity contribution in [3.8, 4) is 0 Å². The summed E-state index contributed by atoms with van der Waals surface area (Å²) in [6.07, 6.45) is 5.39. The van der Waals surface area contributed by atoms with Gasteiger partial charge in [0, 0.05) is 56.0 Å². The topological polar surface area (TPSA) is 64.6 Å². The molecule has 0 bridgehead atoms. The maximum Gasteiger partial charge on any atom is 0.321 e. The van der Waals surface area contributed by atoms with Crippen LogP contribution in [0.25, 0.3) is 0 Å². The van der Waals surface area contributed by atoms with E-state index in [0.29, 0.717) is 18.1 Å². The van der Waals surface area contributed by atoms with E-state index in [4.69, 9.17) is 11.6 Å². The van der Waals surface area contributed by atoms with Crippen LogP contribution in [0.15, 0.2) is 30.6 Å². The van der Waals surface area contributed by atoms with Crippen molar-refractivity contribution in [1.82, 2.24) is 14.9 Å². The molecule has 0 radical (unpaired) electrons. The minimum Gasteiger partial charge on any atom is -0.356 e. The summed E-state index contributed by atoms with van der Waals surface area (Å²) in [5.41, 5.74) is 1.71. The van der Waals surface area contributed by atoms with Crippen LogP contribution in [0.4, 0.5) is 22.1 Å². The van der Waals surface area contributed by atoms with Gasteiger partial charge in [-0.05, 0) is 43.9 Å². The van der Waals surface area contributed by atoms with Crippen LogP contribution < -0.4 is 15.1 Å². The van der Waals surface area contributed by atoms with Gasteiger partial charge < -0.3 is 20.0 Å². The van der Waals surface area contributed by atoms with Crippen LogP contribution in [0.5, 0.6) is 0 Å². The van der Waals surface area contributed by atoms with Crippen molar-refractivity contribution < 1.29 is 4.79 Å². The second-order valence-corrected chi connectivity index (χ2v) is 8.06. The lowest BCUT2D eigenvalue weighted by molar-refractivity contribution is 0.208. The Labute approximate surface area is 176 Å². The van der Waals surface area contributed by atoms with Crippen LogP contribution in [0.1, 0.15) is 24.8 Å². The van der Waals surface area contributed by atoms with Gasteiger partial charge in [0.15, 0.2) is 0 Å². The van der Waals surface area contributed by atoms with Crippen LogP contribution in [-0.4, -0.2) is 60.2 Å². The third-order valence-electron chi connectivity index (χ3n) is 5.63. The summed E-state index contributed by atoms with van der Waals surface area (Å²) >= 11 is 6.15. The summed E-state index contributed by atoms with van der Waals surface area (Å²) in [5.74, 6) is 1.94. The first-order valence-corrected chi connectivity index (χ1v) is 10.6. The second-order valence-electron chi connectivity index (χ2n) is 7.65. The molecule has 154 valence electrons. The number of nitrogens with one attached hydrogen (secondary N) is 1. The molecule has 8 heteroatoms. The summed E-state index contributed by atoms with van der Waals surface area (Å²) in [7, 11) is 0. The molecule has 0 aliphatic carbocycles. The molecular formula is C21H27ClN6O. The largest absolute Gasteiger partial charge is 0.356 e. The van der Waals surface area contributed by atoms with Crippen LogP contribution in [0, 0.1) is 6.92 Å². The Balaban J connectivity index is 1.34. The molecule has 2 aromatic rings. The van der Waals surface area contributed by atoms with E-state index < -0.39 is 0 Å². The molecule has 2 amide bonds. The summed E-state index contributed by atoms with van der Waals surface area (Å²) < 4.78 is 0. The maximum absolute atomic E-state index is 12.6. The van der Waals surface area contributed by atoms with E-state index in [-0.39, 0.29) is 6.03 Å².